The van der Waals surface area contributed by atoms with Gasteiger partial charge in [0, 0.05) is 6.54 Å². The summed E-state index contributed by atoms with van der Waals surface area (Å²) in [6, 6.07) is 0. The molecule has 0 aromatic carbocycles. The molecule has 6 heteroatoms. The zero-order valence-electron chi connectivity index (χ0n) is 12.2. The molecule has 1 saturated heterocycles. The Hall–Kier alpha value is 0.160. The maximum atomic E-state index is 11.8. The van der Waals surface area contributed by atoms with E-state index >= 15 is 0 Å². The Morgan fingerprint density at radius 3 is 2.74 bits per heavy atom. The van der Waals surface area contributed by atoms with Crippen LogP contribution in [0.2, 0.25) is 0 Å². The third-order valence-corrected chi connectivity index (χ3v) is 5.21. The van der Waals surface area contributed by atoms with E-state index in [1.807, 2.05) is 6.92 Å². The molecule has 19 heavy (non-hydrogen) atoms. The fraction of sp³-hybridized carbons (Fsp3) is 1.00. The summed E-state index contributed by atoms with van der Waals surface area (Å²) in [4.78, 5) is 0. The van der Waals surface area contributed by atoms with Crippen molar-refractivity contribution in [2.75, 3.05) is 25.4 Å². The number of piperidine rings is 1. The average molecular weight is 313 g/mol. The molecule has 1 heterocycles. The van der Waals surface area contributed by atoms with Crippen LogP contribution in [0.4, 0.5) is 0 Å². The second-order valence-corrected chi connectivity index (χ2v) is 7.42. The Labute approximate surface area is 124 Å². The van der Waals surface area contributed by atoms with E-state index in [1.54, 1.807) is 0 Å². The molecule has 0 bridgehead atoms. The van der Waals surface area contributed by atoms with Crippen LogP contribution >= 0.6 is 12.4 Å². The van der Waals surface area contributed by atoms with Crippen LogP contribution in [0.5, 0.6) is 0 Å². The van der Waals surface area contributed by atoms with Gasteiger partial charge in [-0.25, -0.2) is 13.1 Å². The Balaban J connectivity index is 0.00000324. The molecule has 0 aromatic heterocycles. The highest BCUT2D eigenvalue weighted by Gasteiger charge is 2.17. The zero-order valence-corrected chi connectivity index (χ0v) is 13.8. The lowest BCUT2D eigenvalue weighted by atomic mass is 9.96. The fourth-order valence-electron chi connectivity index (χ4n) is 2.60. The molecular formula is C13H29ClN2O2S. The van der Waals surface area contributed by atoms with E-state index in [4.69, 9.17) is 0 Å². The highest BCUT2D eigenvalue weighted by atomic mass is 35.5. The second kappa shape index (κ2) is 9.97. The summed E-state index contributed by atoms with van der Waals surface area (Å²) in [6.07, 6.45) is 5.41. The Kier molecular flexibility index (Phi) is 10.1. The first-order valence-corrected chi connectivity index (χ1v) is 8.86. The van der Waals surface area contributed by atoms with Crippen molar-refractivity contribution in [1.82, 2.24) is 10.0 Å². The topological polar surface area (TPSA) is 58.2 Å². The third kappa shape index (κ3) is 8.84. The SMILES string of the molecule is CCCC(C)CS(=O)(=O)NCCC1CCCNC1.Cl. The Bertz CT molecular complexity index is 317. The molecule has 116 valence electrons. The van der Waals surface area contributed by atoms with E-state index in [0.717, 1.165) is 32.4 Å². The Morgan fingerprint density at radius 2 is 2.16 bits per heavy atom. The van der Waals surface area contributed by atoms with Crippen molar-refractivity contribution >= 4 is 22.4 Å². The van der Waals surface area contributed by atoms with E-state index in [-0.39, 0.29) is 24.1 Å². The number of hydrogen-bond donors (Lipinski definition) is 2. The van der Waals surface area contributed by atoms with Gasteiger partial charge in [-0.1, -0.05) is 20.3 Å². The lowest BCUT2D eigenvalue weighted by molar-refractivity contribution is 0.358. The standard InChI is InChI=1S/C13H28N2O2S.ClH/c1-3-5-12(2)11-18(16,17)15-9-7-13-6-4-8-14-10-13;/h12-15H,3-11H2,1-2H3;1H. The minimum atomic E-state index is -3.07. The fourth-order valence-corrected chi connectivity index (χ4v) is 4.06. The van der Waals surface area contributed by atoms with Gasteiger partial charge in [-0.15, -0.1) is 12.4 Å². The van der Waals surface area contributed by atoms with E-state index in [9.17, 15) is 8.42 Å². The van der Waals surface area contributed by atoms with Crippen molar-refractivity contribution in [3.63, 3.8) is 0 Å². The molecule has 1 rings (SSSR count). The van der Waals surface area contributed by atoms with Crippen molar-refractivity contribution in [1.29, 1.82) is 0 Å². The molecule has 1 aliphatic heterocycles. The van der Waals surface area contributed by atoms with Crippen LogP contribution in [-0.4, -0.2) is 33.8 Å². The first-order chi connectivity index (χ1) is 8.53. The van der Waals surface area contributed by atoms with E-state index in [0.29, 0.717) is 12.5 Å². The Morgan fingerprint density at radius 1 is 1.42 bits per heavy atom. The van der Waals surface area contributed by atoms with Crippen molar-refractivity contribution in [3.8, 4) is 0 Å². The lowest BCUT2D eigenvalue weighted by Gasteiger charge is -2.22. The lowest BCUT2D eigenvalue weighted by Crippen LogP contribution is -2.34. The van der Waals surface area contributed by atoms with Crippen LogP contribution in [0.15, 0.2) is 0 Å². The van der Waals surface area contributed by atoms with E-state index in [1.165, 1.54) is 12.8 Å². The third-order valence-electron chi connectivity index (χ3n) is 3.56. The molecule has 2 unspecified atom stereocenters. The molecule has 4 nitrogen and oxygen atoms in total. The molecule has 2 N–H and O–H groups in total. The summed E-state index contributed by atoms with van der Waals surface area (Å²) >= 11 is 0. The molecular weight excluding hydrogens is 284 g/mol. The zero-order chi connectivity index (χ0) is 13.4. The first-order valence-electron chi connectivity index (χ1n) is 7.21. The van der Waals surface area contributed by atoms with Gasteiger partial charge in [-0.3, -0.25) is 0 Å². The maximum absolute atomic E-state index is 11.8. The van der Waals surface area contributed by atoms with Crippen molar-refractivity contribution in [3.05, 3.63) is 0 Å². The molecule has 0 aliphatic carbocycles. The van der Waals surface area contributed by atoms with Crippen molar-refractivity contribution in [2.45, 2.75) is 46.0 Å². The monoisotopic (exact) mass is 312 g/mol. The maximum Gasteiger partial charge on any atom is 0.211 e. The molecule has 0 saturated carbocycles. The molecule has 1 aliphatic rings. The smallest absolute Gasteiger partial charge is 0.211 e. The van der Waals surface area contributed by atoms with Gasteiger partial charge in [0.2, 0.25) is 10.0 Å². The van der Waals surface area contributed by atoms with Gasteiger partial charge in [-0.2, -0.15) is 0 Å². The molecule has 2 atom stereocenters. The largest absolute Gasteiger partial charge is 0.316 e. The summed E-state index contributed by atoms with van der Waals surface area (Å²) < 4.78 is 26.4. The van der Waals surface area contributed by atoms with Gasteiger partial charge >= 0.3 is 0 Å². The van der Waals surface area contributed by atoms with Gasteiger partial charge in [-0.05, 0) is 50.6 Å². The molecule has 0 aromatic rings. The summed E-state index contributed by atoms with van der Waals surface area (Å²) in [5, 5.41) is 3.35. The predicted molar refractivity (Wildman–Crippen MR) is 83.3 cm³/mol. The number of hydrogen-bond acceptors (Lipinski definition) is 3. The number of rotatable bonds is 8. The highest BCUT2D eigenvalue weighted by molar-refractivity contribution is 7.89. The van der Waals surface area contributed by atoms with Gasteiger partial charge in [0.05, 0.1) is 5.75 Å². The highest BCUT2D eigenvalue weighted by Crippen LogP contribution is 2.13. The summed E-state index contributed by atoms with van der Waals surface area (Å²) in [7, 11) is -3.07. The minimum absolute atomic E-state index is 0. The summed E-state index contributed by atoms with van der Waals surface area (Å²) in [5.74, 6) is 1.15. The predicted octanol–water partition coefficient (Wildman–Crippen LogP) is 2.15. The normalized spacial score (nSPS) is 21.7. The minimum Gasteiger partial charge on any atom is -0.316 e. The molecule has 0 radical (unpaired) electrons. The number of sulfonamides is 1. The molecule has 0 spiro atoms. The van der Waals surface area contributed by atoms with Gasteiger partial charge in [0.15, 0.2) is 0 Å². The number of halogens is 1. The van der Waals surface area contributed by atoms with Crippen molar-refractivity contribution in [2.24, 2.45) is 11.8 Å². The molecule has 0 amide bonds. The van der Waals surface area contributed by atoms with Crippen LogP contribution in [0.3, 0.4) is 0 Å². The average Bonchev–Trinajstić information content (AvgIpc) is 2.29. The second-order valence-electron chi connectivity index (χ2n) is 5.57. The van der Waals surface area contributed by atoms with E-state index < -0.39 is 10.0 Å². The number of nitrogens with one attached hydrogen (secondary N) is 2. The first kappa shape index (κ1) is 19.2. The quantitative estimate of drug-likeness (QED) is 0.722. The van der Waals surface area contributed by atoms with Crippen LogP contribution in [0.25, 0.3) is 0 Å². The van der Waals surface area contributed by atoms with Crippen LogP contribution in [0.1, 0.15) is 46.0 Å². The van der Waals surface area contributed by atoms with Crippen LogP contribution in [0, 0.1) is 11.8 Å². The van der Waals surface area contributed by atoms with E-state index in [2.05, 4.69) is 17.0 Å². The van der Waals surface area contributed by atoms with Gasteiger partial charge < -0.3 is 5.32 Å². The summed E-state index contributed by atoms with van der Waals surface area (Å²) in [5.41, 5.74) is 0. The van der Waals surface area contributed by atoms with Crippen LogP contribution < -0.4 is 10.0 Å². The van der Waals surface area contributed by atoms with Gasteiger partial charge in [0.25, 0.3) is 0 Å². The van der Waals surface area contributed by atoms with Gasteiger partial charge in [0.1, 0.15) is 0 Å². The van der Waals surface area contributed by atoms with Crippen LogP contribution in [-0.2, 0) is 10.0 Å². The van der Waals surface area contributed by atoms with Crippen molar-refractivity contribution < 1.29 is 8.42 Å². The summed E-state index contributed by atoms with van der Waals surface area (Å²) in [6.45, 7) is 6.83. The molecule has 1 fully saturated rings.